The summed E-state index contributed by atoms with van der Waals surface area (Å²) in [6.07, 6.45) is 1.45. The van der Waals surface area contributed by atoms with Gasteiger partial charge in [0, 0.05) is 23.1 Å². The first kappa shape index (κ1) is 16.4. The van der Waals surface area contributed by atoms with Crippen LogP contribution in [0.5, 0.6) is 0 Å². The summed E-state index contributed by atoms with van der Waals surface area (Å²) < 4.78 is 14.5. The van der Waals surface area contributed by atoms with Gasteiger partial charge >= 0.3 is 0 Å². The standard InChI is InChI=1S/C13H16BrFN2O.ClH/c1-2-17(12(18)13(16)5-6-13)8-9-7-10(14)3-4-11(9)15;/h3-4,7H,2,5-6,8,16H2,1H3;1H. The lowest BCUT2D eigenvalue weighted by molar-refractivity contribution is -0.134. The molecular formula is C13H17BrClFN2O. The van der Waals surface area contributed by atoms with Crippen molar-refractivity contribution in [3.8, 4) is 0 Å². The molecule has 106 valence electrons. The van der Waals surface area contributed by atoms with E-state index < -0.39 is 5.54 Å². The summed E-state index contributed by atoms with van der Waals surface area (Å²) in [6, 6.07) is 4.73. The quantitative estimate of drug-likeness (QED) is 0.906. The lowest BCUT2D eigenvalue weighted by atomic mass is 10.1. The van der Waals surface area contributed by atoms with Crippen LogP contribution in [0.4, 0.5) is 4.39 Å². The van der Waals surface area contributed by atoms with Gasteiger partial charge in [-0.1, -0.05) is 15.9 Å². The second kappa shape index (κ2) is 6.20. The van der Waals surface area contributed by atoms with E-state index in [1.807, 2.05) is 6.92 Å². The Morgan fingerprint density at radius 2 is 2.16 bits per heavy atom. The van der Waals surface area contributed by atoms with Gasteiger partial charge in [0.05, 0.1) is 5.54 Å². The highest BCUT2D eigenvalue weighted by atomic mass is 79.9. The molecule has 0 spiro atoms. The minimum Gasteiger partial charge on any atom is -0.337 e. The monoisotopic (exact) mass is 350 g/mol. The van der Waals surface area contributed by atoms with E-state index in [2.05, 4.69) is 15.9 Å². The van der Waals surface area contributed by atoms with Crippen LogP contribution in [0.25, 0.3) is 0 Å². The summed E-state index contributed by atoms with van der Waals surface area (Å²) in [5.41, 5.74) is 5.70. The second-order valence-corrected chi connectivity index (χ2v) is 5.63. The Bertz CT molecular complexity index is 480. The molecule has 3 nitrogen and oxygen atoms in total. The molecule has 0 aromatic heterocycles. The van der Waals surface area contributed by atoms with Gasteiger partial charge in [0.2, 0.25) is 5.91 Å². The second-order valence-electron chi connectivity index (χ2n) is 4.71. The summed E-state index contributed by atoms with van der Waals surface area (Å²) >= 11 is 3.30. The van der Waals surface area contributed by atoms with E-state index in [4.69, 9.17) is 5.73 Å². The number of rotatable bonds is 4. The van der Waals surface area contributed by atoms with Crippen molar-refractivity contribution in [3.63, 3.8) is 0 Å². The number of amides is 1. The van der Waals surface area contributed by atoms with Gasteiger partial charge in [0.1, 0.15) is 5.82 Å². The van der Waals surface area contributed by atoms with E-state index in [-0.39, 0.29) is 30.7 Å². The average Bonchev–Trinajstić information content (AvgIpc) is 3.09. The Morgan fingerprint density at radius 1 is 1.53 bits per heavy atom. The number of hydrogen-bond donors (Lipinski definition) is 1. The molecule has 0 aliphatic heterocycles. The summed E-state index contributed by atoms with van der Waals surface area (Å²) in [7, 11) is 0. The summed E-state index contributed by atoms with van der Waals surface area (Å²) in [4.78, 5) is 13.7. The molecule has 1 amide bonds. The molecule has 0 unspecified atom stereocenters. The van der Waals surface area contributed by atoms with E-state index in [1.165, 1.54) is 6.07 Å². The predicted octanol–water partition coefficient (Wildman–Crippen LogP) is 2.85. The third-order valence-corrected chi connectivity index (χ3v) is 3.75. The van der Waals surface area contributed by atoms with Gasteiger partial charge in [-0.3, -0.25) is 4.79 Å². The van der Waals surface area contributed by atoms with Crippen molar-refractivity contribution >= 4 is 34.2 Å². The Morgan fingerprint density at radius 3 is 2.68 bits per heavy atom. The molecule has 1 saturated carbocycles. The number of nitrogens with two attached hydrogens (primary N) is 1. The minimum atomic E-state index is -0.696. The predicted molar refractivity (Wildman–Crippen MR) is 78.6 cm³/mol. The van der Waals surface area contributed by atoms with Crippen LogP contribution in [-0.4, -0.2) is 22.9 Å². The molecule has 1 aromatic rings. The van der Waals surface area contributed by atoms with Gasteiger partial charge in [0.25, 0.3) is 0 Å². The van der Waals surface area contributed by atoms with E-state index in [9.17, 15) is 9.18 Å². The zero-order valence-corrected chi connectivity index (χ0v) is 13.1. The van der Waals surface area contributed by atoms with Gasteiger partial charge < -0.3 is 10.6 Å². The van der Waals surface area contributed by atoms with Crippen molar-refractivity contribution in [3.05, 3.63) is 34.1 Å². The maximum Gasteiger partial charge on any atom is 0.242 e. The van der Waals surface area contributed by atoms with Gasteiger partial charge in [-0.2, -0.15) is 0 Å². The molecule has 1 aliphatic rings. The first-order valence-corrected chi connectivity index (χ1v) is 6.78. The van der Waals surface area contributed by atoms with Crippen molar-refractivity contribution in [1.29, 1.82) is 0 Å². The molecular weight excluding hydrogens is 335 g/mol. The van der Waals surface area contributed by atoms with Gasteiger partial charge in [0.15, 0.2) is 0 Å². The largest absolute Gasteiger partial charge is 0.337 e. The molecule has 1 fully saturated rings. The molecule has 1 aliphatic carbocycles. The third-order valence-electron chi connectivity index (χ3n) is 3.25. The van der Waals surface area contributed by atoms with Crippen molar-refractivity contribution < 1.29 is 9.18 Å². The normalized spacial score (nSPS) is 15.6. The molecule has 0 saturated heterocycles. The van der Waals surface area contributed by atoms with Crippen LogP contribution in [0.1, 0.15) is 25.3 Å². The van der Waals surface area contributed by atoms with Crippen LogP contribution < -0.4 is 5.73 Å². The fourth-order valence-corrected chi connectivity index (χ4v) is 2.27. The van der Waals surface area contributed by atoms with E-state index in [0.717, 1.165) is 17.3 Å². The first-order chi connectivity index (χ1) is 8.46. The first-order valence-electron chi connectivity index (χ1n) is 5.98. The van der Waals surface area contributed by atoms with Crippen LogP contribution in [0.15, 0.2) is 22.7 Å². The van der Waals surface area contributed by atoms with E-state index >= 15 is 0 Å². The van der Waals surface area contributed by atoms with Gasteiger partial charge in [-0.15, -0.1) is 12.4 Å². The van der Waals surface area contributed by atoms with Crippen LogP contribution >= 0.6 is 28.3 Å². The number of likely N-dealkylation sites (N-methyl/N-ethyl adjacent to an activating group) is 1. The Labute approximate surface area is 126 Å². The number of hydrogen-bond acceptors (Lipinski definition) is 2. The lowest BCUT2D eigenvalue weighted by Gasteiger charge is -2.24. The van der Waals surface area contributed by atoms with Crippen LogP contribution in [0.2, 0.25) is 0 Å². The fraction of sp³-hybridized carbons (Fsp3) is 0.462. The molecule has 1 aromatic carbocycles. The van der Waals surface area contributed by atoms with Crippen molar-refractivity contribution in [2.24, 2.45) is 5.73 Å². The molecule has 6 heteroatoms. The van der Waals surface area contributed by atoms with Crippen molar-refractivity contribution in [1.82, 2.24) is 4.90 Å². The number of carbonyl (C=O) groups excluding carboxylic acids is 1. The van der Waals surface area contributed by atoms with Crippen LogP contribution in [-0.2, 0) is 11.3 Å². The summed E-state index contributed by atoms with van der Waals surface area (Å²) in [6.45, 7) is 2.67. The van der Waals surface area contributed by atoms with Crippen LogP contribution in [0, 0.1) is 5.82 Å². The Kier molecular flexibility index (Phi) is 5.35. The highest BCUT2D eigenvalue weighted by Crippen LogP contribution is 2.34. The maximum absolute atomic E-state index is 13.7. The van der Waals surface area contributed by atoms with Crippen LogP contribution in [0.3, 0.4) is 0 Å². The number of benzene rings is 1. The number of halogens is 3. The van der Waals surface area contributed by atoms with Crippen molar-refractivity contribution in [2.75, 3.05) is 6.54 Å². The fourth-order valence-electron chi connectivity index (χ4n) is 1.86. The third kappa shape index (κ3) is 3.68. The van der Waals surface area contributed by atoms with Crippen molar-refractivity contribution in [2.45, 2.75) is 31.8 Å². The molecule has 19 heavy (non-hydrogen) atoms. The zero-order valence-electron chi connectivity index (χ0n) is 10.7. The average molecular weight is 352 g/mol. The summed E-state index contributed by atoms with van der Waals surface area (Å²) in [5.74, 6) is -0.379. The molecule has 0 radical (unpaired) electrons. The maximum atomic E-state index is 13.7. The van der Waals surface area contributed by atoms with E-state index in [0.29, 0.717) is 12.1 Å². The minimum absolute atomic E-state index is 0. The highest BCUT2D eigenvalue weighted by molar-refractivity contribution is 9.10. The lowest BCUT2D eigenvalue weighted by Crippen LogP contribution is -2.45. The zero-order chi connectivity index (χ0) is 13.3. The Balaban J connectivity index is 0.00000180. The summed E-state index contributed by atoms with van der Waals surface area (Å²) in [5, 5.41) is 0. The smallest absolute Gasteiger partial charge is 0.242 e. The highest BCUT2D eigenvalue weighted by Gasteiger charge is 2.47. The molecule has 2 N–H and O–H groups in total. The Hall–Kier alpha value is -0.650. The number of nitrogens with zero attached hydrogens (tertiary/aromatic N) is 1. The van der Waals surface area contributed by atoms with E-state index in [1.54, 1.807) is 17.0 Å². The number of carbonyl (C=O) groups is 1. The molecule has 2 rings (SSSR count). The topological polar surface area (TPSA) is 46.3 Å². The SMILES string of the molecule is CCN(Cc1cc(Br)ccc1F)C(=O)C1(N)CC1.Cl. The molecule has 0 atom stereocenters. The molecule has 0 bridgehead atoms. The molecule has 0 heterocycles. The van der Waals surface area contributed by atoms with Gasteiger partial charge in [-0.05, 0) is 38.0 Å². The van der Waals surface area contributed by atoms with Gasteiger partial charge in [-0.25, -0.2) is 4.39 Å².